The van der Waals surface area contributed by atoms with Gasteiger partial charge in [-0.15, -0.1) is 0 Å². The van der Waals surface area contributed by atoms with Gasteiger partial charge < -0.3 is 50.4 Å². The SMILES string of the molecule is CCCCCNC(=O)CC[C@H](NC(=O)COCCOCCNC(=O)COCCOCCNC(=O)CCCCCCCCCCCCC(=O)O)C(=O)O. The Morgan fingerprint density at radius 3 is 1.48 bits per heavy atom. The van der Waals surface area contributed by atoms with Crippen molar-refractivity contribution in [1.82, 2.24) is 21.3 Å². The number of ether oxygens (including phenoxy) is 4. The number of hydrogen-bond acceptors (Lipinski definition) is 10. The molecule has 0 heterocycles. The molecule has 16 nitrogen and oxygen atoms in total. The van der Waals surface area contributed by atoms with E-state index in [1.54, 1.807) is 0 Å². The van der Waals surface area contributed by atoms with Crippen molar-refractivity contribution in [2.24, 2.45) is 0 Å². The van der Waals surface area contributed by atoms with Gasteiger partial charge in [-0.25, -0.2) is 4.79 Å². The van der Waals surface area contributed by atoms with E-state index < -0.39 is 23.9 Å². The van der Waals surface area contributed by atoms with Crippen LogP contribution in [0.2, 0.25) is 0 Å². The molecule has 52 heavy (non-hydrogen) atoms. The molecular formula is C36H66N4O12. The van der Waals surface area contributed by atoms with Crippen LogP contribution in [0.15, 0.2) is 0 Å². The van der Waals surface area contributed by atoms with Crippen LogP contribution in [-0.2, 0) is 47.7 Å². The molecule has 0 aliphatic rings. The molecule has 0 aliphatic carbocycles. The van der Waals surface area contributed by atoms with Crippen LogP contribution in [0, 0.1) is 0 Å². The van der Waals surface area contributed by atoms with E-state index in [4.69, 9.17) is 24.1 Å². The van der Waals surface area contributed by atoms with Crippen molar-refractivity contribution in [1.29, 1.82) is 0 Å². The molecule has 0 aromatic heterocycles. The fourth-order valence-electron chi connectivity index (χ4n) is 4.87. The van der Waals surface area contributed by atoms with E-state index in [1.807, 2.05) is 0 Å². The van der Waals surface area contributed by atoms with Crippen molar-refractivity contribution in [2.75, 3.05) is 72.5 Å². The van der Waals surface area contributed by atoms with Gasteiger partial charge in [-0.05, 0) is 25.7 Å². The number of hydrogen-bond donors (Lipinski definition) is 6. The number of rotatable bonds is 38. The van der Waals surface area contributed by atoms with Gasteiger partial charge in [0.15, 0.2) is 0 Å². The molecule has 0 bridgehead atoms. The number of nitrogens with one attached hydrogen (secondary N) is 4. The van der Waals surface area contributed by atoms with Crippen LogP contribution in [-0.4, -0.2) is 124 Å². The van der Waals surface area contributed by atoms with Gasteiger partial charge in [0.1, 0.15) is 19.3 Å². The quantitative estimate of drug-likeness (QED) is 0.0502. The zero-order valence-corrected chi connectivity index (χ0v) is 31.4. The van der Waals surface area contributed by atoms with E-state index in [-0.39, 0.29) is 83.2 Å². The lowest BCUT2D eigenvalue weighted by Crippen LogP contribution is -2.43. The van der Waals surface area contributed by atoms with E-state index in [2.05, 4.69) is 28.2 Å². The first-order chi connectivity index (χ1) is 25.1. The summed E-state index contributed by atoms with van der Waals surface area (Å²) in [5.41, 5.74) is 0. The number of carbonyl (C=O) groups excluding carboxylic acids is 4. The summed E-state index contributed by atoms with van der Waals surface area (Å²) in [4.78, 5) is 69.6. The van der Waals surface area contributed by atoms with E-state index in [0.717, 1.165) is 70.6 Å². The van der Waals surface area contributed by atoms with Crippen molar-refractivity contribution >= 4 is 35.6 Å². The monoisotopic (exact) mass is 746 g/mol. The molecule has 0 spiro atoms. The number of carboxylic acids is 2. The van der Waals surface area contributed by atoms with Crippen LogP contribution in [0.25, 0.3) is 0 Å². The molecule has 0 radical (unpaired) electrons. The Labute approximate surface area is 309 Å². The predicted octanol–water partition coefficient (Wildman–Crippen LogP) is 2.71. The van der Waals surface area contributed by atoms with Crippen molar-refractivity contribution in [3.05, 3.63) is 0 Å². The summed E-state index contributed by atoms with van der Waals surface area (Å²) >= 11 is 0. The van der Waals surface area contributed by atoms with Gasteiger partial charge in [-0.2, -0.15) is 0 Å². The zero-order chi connectivity index (χ0) is 38.5. The second-order valence-electron chi connectivity index (χ2n) is 12.5. The van der Waals surface area contributed by atoms with Crippen LogP contribution in [0.5, 0.6) is 0 Å². The lowest BCUT2D eigenvalue weighted by molar-refractivity contribution is -0.143. The van der Waals surface area contributed by atoms with Crippen LogP contribution < -0.4 is 21.3 Å². The predicted molar refractivity (Wildman–Crippen MR) is 194 cm³/mol. The highest BCUT2D eigenvalue weighted by molar-refractivity contribution is 5.85. The molecule has 0 saturated carbocycles. The molecule has 4 amide bonds. The summed E-state index contributed by atoms with van der Waals surface area (Å²) in [5.74, 6) is -3.11. The van der Waals surface area contributed by atoms with Crippen molar-refractivity contribution in [2.45, 2.75) is 122 Å². The molecule has 0 aromatic rings. The fourth-order valence-corrected chi connectivity index (χ4v) is 4.87. The number of carboxylic acid groups (broad SMARTS) is 2. The summed E-state index contributed by atoms with van der Waals surface area (Å²) < 4.78 is 21.2. The second kappa shape index (κ2) is 36.0. The van der Waals surface area contributed by atoms with Gasteiger partial charge in [0.05, 0.1) is 39.6 Å². The summed E-state index contributed by atoms with van der Waals surface area (Å²) in [5, 5.41) is 28.5. The summed E-state index contributed by atoms with van der Waals surface area (Å²) in [6.07, 6.45) is 14.1. The minimum atomic E-state index is -1.23. The molecule has 302 valence electrons. The van der Waals surface area contributed by atoms with Gasteiger partial charge in [-0.1, -0.05) is 71.1 Å². The average Bonchev–Trinajstić information content (AvgIpc) is 3.10. The molecule has 0 aromatic carbocycles. The third-order valence-corrected chi connectivity index (χ3v) is 7.79. The third kappa shape index (κ3) is 35.1. The number of aliphatic carboxylic acids is 2. The first-order valence-corrected chi connectivity index (χ1v) is 19.0. The number of unbranched alkanes of at least 4 members (excludes halogenated alkanes) is 11. The summed E-state index contributed by atoms with van der Waals surface area (Å²) in [6.45, 7) is 4.13. The van der Waals surface area contributed by atoms with Gasteiger partial charge >= 0.3 is 11.9 Å². The first-order valence-electron chi connectivity index (χ1n) is 19.0. The minimum absolute atomic E-state index is 0.00999. The smallest absolute Gasteiger partial charge is 0.326 e. The lowest BCUT2D eigenvalue weighted by atomic mass is 10.1. The highest BCUT2D eigenvalue weighted by Crippen LogP contribution is 2.12. The normalized spacial score (nSPS) is 11.5. The Kier molecular flexibility index (Phi) is 33.7. The molecule has 1 atom stereocenters. The maximum Gasteiger partial charge on any atom is 0.326 e. The number of carbonyl (C=O) groups is 6. The topological polar surface area (TPSA) is 228 Å². The standard InChI is InChI=1S/C36H66N4O12/c1-2-3-14-19-37-32(42)18-17-30(36(47)48)40-34(44)29-52-27-25-50-23-21-39-33(43)28-51-26-24-49-22-20-38-31(41)15-12-10-8-6-4-5-7-9-11-13-16-35(45)46/h30H,2-29H2,1H3,(H,37,42)(H,38,41)(H,39,43)(H,40,44)(H,45,46)(H,47,48)/t30-/m0/s1. The van der Waals surface area contributed by atoms with Gasteiger partial charge in [0.25, 0.3) is 0 Å². The highest BCUT2D eigenvalue weighted by atomic mass is 16.5. The zero-order valence-electron chi connectivity index (χ0n) is 31.4. The van der Waals surface area contributed by atoms with Crippen molar-refractivity contribution in [3.8, 4) is 0 Å². The average molecular weight is 747 g/mol. The molecular weight excluding hydrogens is 680 g/mol. The van der Waals surface area contributed by atoms with Crippen LogP contribution in [0.4, 0.5) is 0 Å². The van der Waals surface area contributed by atoms with Gasteiger partial charge in [-0.3, -0.25) is 24.0 Å². The van der Waals surface area contributed by atoms with Gasteiger partial charge in [0, 0.05) is 38.9 Å². The molecule has 6 N–H and O–H groups in total. The first kappa shape index (κ1) is 48.7. The van der Waals surface area contributed by atoms with E-state index in [0.29, 0.717) is 32.7 Å². The van der Waals surface area contributed by atoms with E-state index >= 15 is 0 Å². The fraction of sp³-hybridized carbons (Fsp3) is 0.833. The van der Waals surface area contributed by atoms with Crippen LogP contribution >= 0.6 is 0 Å². The van der Waals surface area contributed by atoms with Crippen LogP contribution in [0.1, 0.15) is 116 Å². The lowest BCUT2D eigenvalue weighted by Gasteiger charge is -2.14. The Hall–Kier alpha value is -3.34. The van der Waals surface area contributed by atoms with Crippen molar-refractivity contribution in [3.63, 3.8) is 0 Å². The molecule has 0 rings (SSSR count). The Balaban J connectivity index is 3.55. The van der Waals surface area contributed by atoms with E-state index in [9.17, 15) is 33.9 Å². The van der Waals surface area contributed by atoms with Crippen molar-refractivity contribution < 1.29 is 57.9 Å². The maximum absolute atomic E-state index is 12.0. The van der Waals surface area contributed by atoms with E-state index in [1.165, 1.54) is 12.8 Å². The Morgan fingerprint density at radius 1 is 0.481 bits per heavy atom. The summed E-state index contributed by atoms with van der Waals surface area (Å²) in [7, 11) is 0. The molecule has 0 fully saturated rings. The summed E-state index contributed by atoms with van der Waals surface area (Å²) in [6, 6.07) is -1.19. The molecule has 16 heteroatoms. The Bertz CT molecular complexity index is 970. The number of amides is 4. The molecule has 0 unspecified atom stereocenters. The third-order valence-electron chi connectivity index (χ3n) is 7.79. The maximum atomic E-state index is 12.0. The largest absolute Gasteiger partial charge is 0.481 e. The molecule has 0 saturated heterocycles. The highest BCUT2D eigenvalue weighted by Gasteiger charge is 2.21. The van der Waals surface area contributed by atoms with Gasteiger partial charge in [0.2, 0.25) is 23.6 Å². The molecule has 0 aliphatic heterocycles. The minimum Gasteiger partial charge on any atom is -0.481 e. The van der Waals surface area contributed by atoms with Crippen LogP contribution in [0.3, 0.4) is 0 Å². The Morgan fingerprint density at radius 2 is 0.942 bits per heavy atom. The second-order valence-corrected chi connectivity index (χ2v) is 12.5.